The topological polar surface area (TPSA) is 49.4 Å². The Labute approximate surface area is 187 Å². The number of benzene rings is 3. The lowest BCUT2D eigenvalue weighted by Gasteiger charge is -2.22. The van der Waals surface area contributed by atoms with Crippen LogP contribution in [-0.2, 0) is 22.6 Å². The lowest BCUT2D eigenvalue weighted by atomic mass is 10.1. The monoisotopic (exact) mass is 428 g/mol. The van der Waals surface area contributed by atoms with Crippen LogP contribution in [0.3, 0.4) is 0 Å². The summed E-state index contributed by atoms with van der Waals surface area (Å²) in [5, 5.41) is 2.98. The van der Waals surface area contributed by atoms with Crippen molar-refractivity contribution in [1.29, 1.82) is 0 Å². The smallest absolute Gasteiger partial charge is 0.251 e. The van der Waals surface area contributed by atoms with Crippen LogP contribution in [0.15, 0.2) is 84.9 Å². The summed E-state index contributed by atoms with van der Waals surface area (Å²) in [5.41, 5.74) is 3.18. The Morgan fingerprint density at radius 2 is 1.69 bits per heavy atom. The van der Waals surface area contributed by atoms with Crippen LogP contribution in [0.25, 0.3) is 6.08 Å². The standard InChI is InChI=1S/C27H25FN2O2/c28-23-8-4-7-22(17-23)19-30(27(32)16-11-20-5-2-1-3-6-20)25-14-9-21(10-15-25)18-26(31)29-24-12-13-24/h1-11,14-17,24H,12-13,18-19H2,(H,29,31)/b16-11+. The average molecular weight is 429 g/mol. The van der Waals surface area contributed by atoms with Gasteiger partial charge in [0.05, 0.1) is 13.0 Å². The van der Waals surface area contributed by atoms with E-state index in [9.17, 15) is 14.0 Å². The van der Waals surface area contributed by atoms with Crippen molar-refractivity contribution in [2.45, 2.75) is 31.8 Å². The van der Waals surface area contributed by atoms with Gasteiger partial charge in [-0.1, -0.05) is 54.6 Å². The average Bonchev–Trinajstić information content (AvgIpc) is 3.61. The van der Waals surface area contributed by atoms with Crippen molar-refractivity contribution >= 4 is 23.6 Å². The summed E-state index contributed by atoms with van der Waals surface area (Å²) in [4.78, 5) is 26.7. The maximum Gasteiger partial charge on any atom is 0.251 e. The number of rotatable bonds is 8. The van der Waals surface area contributed by atoms with Crippen LogP contribution in [0.4, 0.5) is 10.1 Å². The Morgan fingerprint density at radius 3 is 2.38 bits per heavy atom. The summed E-state index contributed by atoms with van der Waals surface area (Å²) in [6.07, 6.45) is 5.70. The second kappa shape index (κ2) is 10.1. The van der Waals surface area contributed by atoms with E-state index in [-0.39, 0.29) is 24.2 Å². The summed E-state index contributed by atoms with van der Waals surface area (Å²) in [6, 6.07) is 23.5. The largest absolute Gasteiger partial charge is 0.353 e. The highest BCUT2D eigenvalue weighted by molar-refractivity contribution is 6.03. The summed E-state index contributed by atoms with van der Waals surface area (Å²) in [7, 11) is 0. The van der Waals surface area contributed by atoms with Crippen LogP contribution in [-0.4, -0.2) is 17.9 Å². The fraction of sp³-hybridized carbons (Fsp3) is 0.185. The molecule has 0 spiro atoms. The molecule has 3 aromatic carbocycles. The van der Waals surface area contributed by atoms with Crippen molar-refractivity contribution in [3.05, 3.63) is 107 Å². The Balaban J connectivity index is 1.52. The van der Waals surface area contributed by atoms with E-state index in [1.54, 1.807) is 23.1 Å². The van der Waals surface area contributed by atoms with Gasteiger partial charge in [-0.15, -0.1) is 0 Å². The number of hydrogen-bond donors (Lipinski definition) is 1. The van der Waals surface area contributed by atoms with Crippen molar-refractivity contribution in [3.63, 3.8) is 0 Å². The van der Waals surface area contributed by atoms with Crippen LogP contribution in [0, 0.1) is 5.82 Å². The molecule has 4 rings (SSSR count). The van der Waals surface area contributed by atoms with Crippen molar-refractivity contribution in [3.8, 4) is 0 Å². The molecule has 1 aliphatic rings. The van der Waals surface area contributed by atoms with Gasteiger partial charge < -0.3 is 10.2 Å². The van der Waals surface area contributed by atoms with Gasteiger partial charge in [0.15, 0.2) is 0 Å². The summed E-state index contributed by atoms with van der Waals surface area (Å²) in [6.45, 7) is 0.233. The minimum absolute atomic E-state index is 0.0127. The molecule has 0 saturated heterocycles. The molecule has 0 radical (unpaired) electrons. The molecule has 0 aliphatic heterocycles. The van der Waals surface area contributed by atoms with E-state index in [4.69, 9.17) is 0 Å². The first-order valence-electron chi connectivity index (χ1n) is 10.7. The molecule has 0 unspecified atom stereocenters. The van der Waals surface area contributed by atoms with Gasteiger partial charge in [0.1, 0.15) is 5.82 Å². The molecule has 2 amide bonds. The molecule has 162 valence electrons. The number of nitrogens with one attached hydrogen (secondary N) is 1. The number of carbonyl (C=O) groups is 2. The van der Waals surface area contributed by atoms with Crippen molar-refractivity contribution < 1.29 is 14.0 Å². The second-order valence-corrected chi connectivity index (χ2v) is 7.98. The van der Waals surface area contributed by atoms with Gasteiger partial charge in [0.25, 0.3) is 5.91 Å². The van der Waals surface area contributed by atoms with Crippen molar-refractivity contribution in [2.75, 3.05) is 4.90 Å². The Bertz CT molecular complexity index is 1110. The minimum atomic E-state index is -0.341. The third-order valence-electron chi connectivity index (χ3n) is 5.27. The van der Waals surface area contributed by atoms with Gasteiger partial charge >= 0.3 is 0 Å². The molecule has 3 aromatic rings. The van der Waals surface area contributed by atoms with E-state index in [2.05, 4.69) is 5.32 Å². The fourth-order valence-electron chi connectivity index (χ4n) is 3.42. The van der Waals surface area contributed by atoms with Gasteiger partial charge in [0, 0.05) is 17.8 Å². The third-order valence-corrected chi connectivity index (χ3v) is 5.27. The lowest BCUT2D eigenvalue weighted by molar-refractivity contribution is -0.120. The molecule has 5 heteroatoms. The zero-order valence-corrected chi connectivity index (χ0v) is 17.7. The molecule has 0 heterocycles. The van der Waals surface area contributed by atoms with Gasteiger partial charge in [-0.05, 0) is 59.9 Å². The van der Waals surface area contributed by atoms with Crippen LogP contribution in [0.1, 0.15) is 29.5 Å². The van der Waals surface area contributed by atoms with Crippen LogP contribution in [0.2, 0.25) is 0 Å². The Kier molecular flexibility index (Phi) is 6.75. The van der Waals surface area contributed by atoms with E-state index < -0.39 is 0 Å². The van der Waals surface area contributed by atoms with E-state index in [1.807, 2.05) is 54.6 Å². The number of anilines is 1. The van der Waals surface area contributed by atoms with Crippen LogP contribution < -0.4 is 10.2 Å². The van der Waals surface area contributed by atoms with Crippen LogP contribution in [0.5, 0.6) is 0 Å². The third kappa shape index (κ3) is 6.14. The molecule has 1 fully saturated rings. The molecule has 1 aliphatic carbocycles. The summed E-state index contributed by atoms with van der Waals surface area (Å²) in [5.74, 6) is -0.539. The maximum absolute atomic E-state index is 13.7. The van der Waals surface area contributed by atoms with E-state index >= 15 is 0 Å². The van der Waals surface area contributed by atoms with Gasteiger partial charge in [-0.25, -0.2) is 4.39 Å². The van der Waals surface area contributed by atoms with E-state index in [0.29, 0.717) is 23.7 Å². The first-order chi connectivity index (χ1) is 15.6. The van der Waals surface area contributed by atoms with Gasteiger partial charge in [0.2, 0.25) is 5.91 Å². The summed E-state index contributed by atoms with van der Waals surface area (Å²) >= 11 is 0. The molecule has 1 N–H and O–H groups in total. The number of nitrogens with zero attached hydrogens (tertiary/aromatic N) is 1. The Hall–Kier alpha value is -3.73. The molecule has 0 atom stereocenters. The number of hydrogen-bond acceptors (Lipinski definition) is 2. The minimum Gasteiger partial charge on any atom is -0.353 e. The quantitative estimate of drug-likeness (QED) is 0.519. The second-order valence-electron chi connectivity index (χ2n) is 7.98. The lowest BCUT2D eigenvalue weighted by Crippen LogP contribution is -2.29. The zero-order valence-electron chi connectivity index (χ0n) is 17.7. The molecule has 1 saturated carbocycles. The van der Waals surface area contributed by atoms with Gasteiger partial charge in [-0.3, -0.25) is 9.59 Å². The predicted octanol–water partition coefficient (Wildman–Crippen LogP) is 4.89. The van der Waals surface area contributed by atoms with Gasteiger partial charge in [-0.2, -0.15) is 0 Å². The number of halogens is 1. The summed E-state index contributed by atoms with van der Waals surface area (Å²) < 4.78 is 13.7. The molecular weight excluding hydrogens is 403 g/mol. The van der Waals surface area contributed by atoms with Crippen molar-refractivity contribution in [1.82, 2.24) is 5.32 Å². The van der Waals surface area contributed by atoms with Crippen molar-refractivity contribution in [2.24, 2.45) is 0 Å². The zero-order chi connectivity index (χ0) is 22.3. The highest BCUT2D eigenvalue weighted by Crippen LogP contribution is 2.21. The highest BCUT2D eigenvalue weighted by atomic mass is 19.1. The predicted molar refractivity (Wildman–Crippen MR) is 124 cm³/mol. The molecule has 0 bridgehead atoms. The molecule has 4 nitrogen and oxygen atoms in total. The number of carbonyl (C=O) groups excluding carboxylic acids is 2. The highest BCUT2D eigenvalue weighted by Gasteiger charge is 2.23. The maximum atomic E-state index is 13.7. The fourth-order valence-corrected chi connectivity index (χ4v) is 3.42. The normalized spacial score (nSPS) is 13.2. The van der Waals surface area contributed by atoms with Crippen LogP contribution >= 0.6 is 0 Å². The first-order valence-corrected chi connectivity index (χ1v) is 10.7. The molecular formula is C27H25FN2O2. The number of amides is 2. The first kappa shape index (κ1) is 21.5. The SMILES string of the molecule is O=C(Cc1ccc(N(Cc2cccc(F)c2)C(=O)/C=C/c2ccccc2)cc1)NC1CC1. The van der Waals surface area contributed by atoms with E-state index in [0.717, 1.165) is 24.0 Å². The van der Waals surface area contributed by atoms with E-state index in [1.165, 1.54) is 18.2 Å². The molecule has 32 heavy (non-hydrogen) atoms. The Morgan fingerprint density at radius 1 is 0.938 bits per heavy atom. The molecule has 0 aromatic heterocycles.